The molecule has 0 saturated heterocycles. The predicted octanol–water partition coefficient (Wildman–Crippen LogP) is 0.798. The highest BCUT2D eigenvalue weighted by Gasteiger charge is 2.10. The first kappa shape index (κ1) is 14.4. The minimum absolute atomic E-state index is 0.0423. The molecule has 0 saturated carbocycles. The van der Waals surface area contributed by atoms with Gasteiger partial charge in [0.2, 0.25) is 0 Å². The number of nitrogens with one attached hydrogen (secondary N) is 1. The molecule has 0 aliphatic heterocycles. The van der Waals surface area contributed by atoms with E-state index in [-0.39, 0.29) is 18.3 Å². The van der Waals surface area contributed by atoms with Crippen LogP contribution in [0.4, 0.5) is 5.69 Å². The van der Waals surface area contributed by atoms with Gasteiger partial charge in [-0.3, -0.25) is 9.48 Å². The highest BCUT2D eigenvalue weighted by molar-refractivity contribution is 6.03. The largest absolute Gasteiger partial charge is 0.485 e. The highest BCUT2D eigenvalue weighted by atomic mass is 16.5. The van der Waals surface area contributed by atoms with Crippen molar-refractivity contribution in [1.82, 2.24) is 9.78 Å². The Morgan fingerprint density at radius 2 is 2.33 bits per heavy atom. The van der Waals surface area contributed by atoms with E-state index in [2.05, 4.69) is 15.6 Å². The van der Waals surface area contributed by atoms with Crippen LogP contribution in [0.15, 0.2) is 41.7 Å². The molecule has 2 rings (SSSR count). The predicted molar refractivity (Wildman–Crippen MR) is 76.5 cm³/mol. The van der Waals surface area contributed by atoms with Gasteiger partial charge in [0.25, 0.3) is 5.91 Å². The molecule has 0 aliphatic rings. The second-order valence-electron chi connectivity index (χ2n) is 4.20. The van der Waals surface area contributed by atoms with Gasteiger partial charge in [0.15, 0.2) is 5.84 Å². The first-order valence-corrected chi connectivity index (χ1v) is 6.09. The van der Waals surface area contributed by atoms with Crippen LogP contribution >= 0.6 is 0 Å². The molecule has 0 radical (unpaired) electrons. The monoisotopic (exact) mass is 289 g/mol. The minimum Gasteiger partial charge on any atom is -0.485 e. The van der Waals surface area contributed by atoms with Gasteiger partial charge < -0.3 is 21.0 Å². The number of anilines is 1. The Balaban J connectivity index is 2.04. The quantitative estimate of drug-likeness (QED) is 0.326. The number of oxime groups is 1. The van der Waals surface area contributed by atoms with E-state index in [1.54, 1.807) is 43.6 Å². The molecule has 8 nitrogen and oxygen atoms in total. The summed E-state index contributed by atoms with van der Waals surface area (Å²) in [7, 11) is 1.69. The fourth-order valence-corrected chi connectivity index (χ4v) is 1.64. The summed E-state index contributed by atoms with van der Waals surface area (Å²) in [5.74, 6) is 0.173. The van der Waals surface area contributed by atoms with Crippen molar-refractivity contribution in [2.24, 2.45) is 17.9 Å². The van der Waals surface area contributed by atoms with Crippen LogP contribution < -0.4 is 15.8 Å². The number of carbonyl (C=O) groups excluding carboxylic acids is 1. The summed E-state index contributed by atoms with van der Waals surface area (Å²) in [5, 5.41) is 17.9. The fraction of sp³-hybridized carbons (Fsp3) is 0.154. The van der Waals surface area contributed by atoms with Gasteiger partial charge >= 0.3 is 0 Å². The molecule has 2 aromatic rings. The van der Waals surface area contributed by atoms with Gasteiger partial charge in [0.05, 0.1) is 0 Å². The lowest BCUT2D eigenvalue weighted by molar-refractivity contribution is 0.101. The number of hydrogen-bond acceptors (Lipinski definition) is 5. The van der Waals surface area contributed by atoms with Crippen molar-refractivity contribution in [3.05, 3.63) is 42.2 Å². The molecular formula is C13H15N5O3. The van der Waals surface area contributed by atoms with Gasteiger partial charge in [-0.25, -0.2) is 0 Å². The molecule has 1 heterocycles. The van der Waals surface area contributed by atoms with E-state index < -0.39 is 0 Å². The van der Waals surface area contributed by atoms with E-state index in [1.165, 1.54) is 4.68 Å². The topological polar surface area (TPSA) is 115 Å². The lowest BCUT2D eigenvalue weighted by Gasteiger charge is -2.08. The van der Waals surface area contributed by atoms with Crippen molar-refractivity contribution in [1.29, 1.82) is 0 Å². The standard InChI is InChI=1S/C13H15N5O3/c1-18-11(5-6-15-18)13(19)16-9-3-2-4-10(7-9)21-8-12(14)17-20/h2-7,20H,8H2,1H3,(H2,14,17)(H,16,19). The number of rotatable bonds is 5. The lowest BCUT2D eigenvalue weighted by Crippen LogP contribution is -2.21. The fourth-order valence-electron chi connectivity index (χ4n) is 1.64. The molecule has 110 valence electrons. The van der Waals surface area contributed by atoms with Gasteiger partial charge in [-0.15, -0.1) is 0 Å². The zero-order valence-corrected chi connectivity index (χ0v) is 11.4. The van der Waals surface area contributed by atoms with Crippen LogP contribution in [0.3, 0.4) is 0 Å². The number of aromatic nitrogens is 2. The smallest absolute Gasteiger partial charge is 0.273 e. The summed E-state index contributed by atoms with van der Waals surface area (Å²) >= 11 is 0. The van der Waals surface area contributed by atoms with Crippen LogP contribution in [0.1, 0.15) is 10.5 Å². The van der Waals surface area contributed by atoms with Gasteiger partial charge in [-0.2, -0.15) is 5.10 Å². The third-order valence-corrected chi connectivity index (χ3v) is 2.66. The maximum absolute atomic E-state index is 12.0. The Morgan fingerprint density at radius 3 is 3.00 bits per heavy atom. The van der Waals surface area contributed by atoms with Crippen molar-refractivity contribution in [3.63, 3.8) is 0 Å². The van der Waals surface area contributed by atoms with Crippen molar-refractivity contribution >= 4 is 17.4 Å². The normalized spacial score (nSPS) is 11.2. The second-order valence-corrected chi connectivity index (χ2v) is 4.20. The Bertz CT molecular complexity index is 665. The number of carbonyl (C=O) groups is 1. The molecule has 0 aliphatic carbocycles. The number of amidine groups is 1. The van der Waals surface area contributed by atoms with Crippen LogP contribution in [-0.4, -0.2) is 33.3 Å². The molecule has 1 amide bonds. The number of aryl methyl sites for hydroxylation is 1. The first-order valence-electron chi connectivity index (χ1n) is 6.09. The number of benzene rings is 1. The van der Waals surface area contributed by atoms with E-state index >= 15 is 0 Å². The first-order chi connectivity index (χ1) is 10.1. The maximum atomic E-state index is 12.0. The highest BCUT2D eigenvalue weighted by Crippen LogP contribution is 2.18. The summed E-state index contributed by atoms with van der Waals surface area (Å²) < 4.78 is 6.79. The molecule has 0 fully saturated rings. The third-order valence-electron chi connectivity index (χ3n) is 2.66. The minimum atomic E-state index is -0.274. The van der Waals surface area contributed by atoms with Crippen molar-refractivity contribution < 1.29 is 14.7 Å². The number of hydrogen-bond donors (Lipinski definition) is 3. The zero-order valence-electron chi connectivity index (χ0n) is 11.4. The van der Waals surface area contributed by atoms with Crippen molar-refractivity contribution in [3.8, 4) is 5.75 Å². The molecular weight excluding hydrogens is 274 g/mol. The molecule has 0 spiro atoms. The molecule has 0 unspecified atom stereocenters. The van der Waals surface area contributed by atoms with Crippen molar-refractivity contribution in [2.75, 3.05) is 11.9 Å². The van der Waals surface area contributed by atoms with E-state index in [0.29, 0.717) is 17.1 Å². The molecule has 8 heteroatoms. The lowest BCUT2D eigenvalue weighted by atomic mass is 10.3. The third kappa shape index (κ3) is 3.72. The maximum Gasteiger partial charge on any atom is 0.273 e. The number of amides is 1. The van der Waals surface area contributed by atoms with E-state index in [4.69, 9.17) is 15.7 Å². The molecule has 0 atom stereocenters. The average Bonchev–Trinajstić information content (AvgIpc) is 2.91. The summed E-state index contributed by atoms with van der Waals surface area (Å²) in [4.78, 5) is 12.0. The van der Waals surface area contributed by atoms with Crippen LogP contribution in [0.2, 0.25) is 0 Å². The summed E-state index contributed by atoms with van der Waals surface area (Å²) in [6.45, 7) is -0.0460. The van der Waals surface area contributed by atoms with Gasteiger partial charge in [-0.05, 0) is 18.2 Å². The molecule has 21 heavy (non-hydrogen) atoms. The Kier molecular flexibility index (Phi) is 4.39. The molecule has 4 N–H and O–H groups in total. The number of nitrogens with zero attached hydrogens (tertiary/aromatic N) is 3. The number of ether oxygens (including phenoxy) is 1. The molecule has 0 bridgehead atoms. The zero-order chi connectivity index (χ0) is 15.2. The summed E-state index contributed by atoms with van der Waals surface area (Å²) in [5.41, 5.74) is 6.33. The van der Waals surface area contributed by atoms with Gasteiger partial charge in [0, 0.05) is 25.0 Å². The Hall–Kier alpha value is -3.03. The summed E-state index contributed by atoms with van der Waals surface area (Å²) in [6.07, 6.45) is 1.55. The van der Waals surface area contributed by atoms with Crippen LogP contribution in [-0.2, 0) is 7.05 Å². The van der Waals surface area contributed by atoms with Gasteiger partial charge in [-0.1, -0.05) is 11.2 Å². The number of nitrogens with two attached hydrogens (primary N) is 1. The molecule has 1 aromatic heterocycles. The Labute approximate surface area is 120 Å². The van der Waals surface area contributed by atoms with Gasteiger partial charge in [0.1, 0.15) is 18.1 Å². The summed E-state index contributed by atoms with van der Waals surface area (Å²) in [6, 6.07) is 8.41. The Morgan fingerprint density at radius 1 is 1.52 bits per heavy atom. The SMILES string of the molecule is Cn1nccc1C(=O)Nc1cccc(OCC(N)=NO)c1. The average molecular weight is 289 g/mol. The van der Waals surface area contributed by atoms with E-state index in [9.17, 15) is 4.79 Å². The molecule has 1 aromatic carbocycles. The van der Waals surface area contributed by atoms with E-state index in [1.807, 2.05) is 0 Å². The van der Waals surface area contributed by atoms with Crippen LogP contribution in [0.5, 0.6) is 5.75 Å². The van der Waals surface area contributed by atoms with Crippen LogP contribution in [0, 0.1) is 0 Å². The van der Waals surface area contributed by atoms with E-state index in [0.717, 1.165) is 0 Å². The van der Waals surface area contributed by atoms with Crippen molar-refractivity contribution in [2.45, 2.75) is 0 Å². The van der Waals surface area contributed by atoms with Crippen LogP contribution in [0.25, 0.3) is 0 Å². The second kappa shape index (κ2) is 6.42.